The third-order valence-corrected chi connectivity index (χ3v) is 3.72. The van der Waals surface area contributed by atoms with Crippen LogP contribution in [0.3, 0.4) is 0 Å². The van der Waals surface area contributed by atoms with Gasteiger partial charge in [-0.05, 0) is 19.3 Å². The fraction of sp³-hybridized carbons (Fsp3) is 0.667. The van der Waals surface area contributed by atoms with Gasteiger partial charge in [-0.15, -0.1) is 10.2 Å². The summed E-state index contributed by atoms with van der Waals surface area (Å²) in [7, 11) is 0. The van der Waals surface area contributed by atoms with Gasteiger partial charge in [-0.1, -0.05) is 18.3 Å². The molecule has 102 valence electrons. The van der Waals surface area contributed by atoms with Gasteiger partial charge in [-0.2, -0.15) is 5.26 Å². The number of carbonyl (C=O) groups excluding carboxylic acids is 1. The van der Waals surface area contributed by atoms with Gasteiger partial charge >= 0.3 is 0 Å². The standard InChI is InChI=1S/C12H17N5OS/c1-2-7-14-12-16-15-10(19-12)11(18)17(8-3-6-13)9-4-5-9/h9H,2-5,7-8H2,1H3,(H,14,16). The first-order valence-electron chi connectivity index (χ1n) is 6.51. The van der Waals surface area contributed by atoms with Gasteiger partial charge in [0.15, 0.2) is 0 Å². The van der Waals surface area contributed by atoms with Crippen LogP contribution in [0, 0.1) is 11.3 Å². The summed E-state index contributed by atoms with van der Waals surface area (Å²) in [5.74, 6) is -0.0974. The number of amides is 1. The van der Waals surface area contributed by atoms with Crippen LogP contribution in [0.5, 0.6) is 0 Å². The zero-order valence-corrected chi connectivity index (χ0v) is 11.7. The first-order valence-corrected chi connectivity index (χ1v) is 7.33. The molecule has 7 heteroatoms. The summed E-state index contributed by atoms with van der Waals surface area (Å²) in [6, 6.07) is 2.37. The molecule has 1 aliphatic carbocycles. The molecule has 0 aromatic carbocycles. The number of hydrogen-bond acceptors (Lipinski definition) is 6. The first kappa shape index (κ1) is 13.7. The van der Waals surface area contributed by atoms with E-state index >= 15 is 0 Å². The Morgan fingerprint density at radius 1 is 1.58 bits per heavy atom. The molecule has 1 amide bonds. The smallest absolute Gasteiger partial charge is 0.285 e. The molecule has 0 radical (unpaired) electrons. The normalized spacial score (nSPS) is 13.9. The Morgan fingerprint density at radius 3 is 3.00 bits per heavy atom. The zero-order chi connectivity index (χ0) is 13.7. The van der Waals surface area contributed by atoms with Crippen molar-refractivity contribution in [1.82, 2.24) is 15.1 Å². The van der Waals surface area contributed by atoms with E-state index in [0.717, 1.165) is 25.8 Å². The molecule has 1 aliphatic rings. The molecule has 1 saturated carbocycles. The highest BCUT2D eigenvalue weighted by Gasteiger charge is 2.34. The number of carbonyl (C=O) groups is 1. The molecule has 2 rings (SSSR count). The van der Waals surface area contributed by atoms with Gasteiger partial charge < -0.3 is 10.2 Å². The molecule has 0 unspecified atom stereocenters. The van der Waals surface area contributed by atoms with Crippen LogP contribution in [-0.4, -0.2) is 40.1 Å². The fourth-order valence-electron chi connectivity index (χ4n) is 1.74. The summed E-state index contributed by atoms with van der Waals surface area (Å²) in [5, 5.41) is 20.8. The van der Waals surface area contributed by atoms with E-state index in [1.165, 1.54) is 11.3 Å². The number of nitrogens with one attached hydrogen (secondary N) is 1. The van der Waals surface area contributed by atoms with E-state index in [-0.39, 0.29) is 11.9 Å². The molecule has 0 atom stereocenters. The molecule has 1 fully saturated rings. The van der Waals surface area contributed by atoms with Crippen molar-refractivity contribution in [1.29, 1.82) is 5.26 Å². The van der Waals surface area contributed by atoms with Crippen LogP contribution >= 0.6 is 11.3 Å². The highest BCUT2D eigenvalue weighted by Crippen LogP contribution is 2.29. The summed E-state index contributed by atoms with van der Waals surface area (Å²) in [4.78, 5) is 14.1. The van der Waals surface area contributed by atoms with Crippen LogP contribution in [-0.2, 0) is 0 Å². The minimum Gasteiger partial charge on any atom is -0.360 e. The minimum atomic E-state index is -0.0974. The van der Waals surface area contributed by atoms with E-state index in [1.807, 2.05) is 0 Å². The van der Waals surface area contributed by atoms with Gasteiger partial charge in [0.25, 0.3) is 5.91 Å². The van der Waals surface area contributed by atoms with E-state index in [2.05, 4.69) is 28.5 Å². The third kappa shape index (κ3) is 3.64. The molecule has 0 saturated heterocycles. The van der Waals surface area contributed by atoms with Gasteiger partial charge in [-0.25, -0.2) is 0 Å². The van der Waals surface area contributed by atoms with Crippen LogP contribution in [0.2, 0.25) is 0 Å². The summed E-state index contributed by atoms with van der Waals surface area (Å²) < 4.78 is 0. The van der Waals surface area contributed by atoms with Crippen molar-refractivity contribution in [3.8, 4) is 6.07 Å². The maximum atomic E-state index is 12.3. The Bertz CT molecular complexity index is 477. The van der Waals surface area contributed by atoms with Crippen LogP contribution in [0.25, 0.3) is 0 Å². The quantitative estimate of drug-likeness (QED) is 0.824. The fourth-order valence-corrected chi connectivity index (χ4v) is 2.47. The van der Waals surface area contributed by atoms with Crippen LogP contribution < -0.4 is 5.32 Å². The molecule has 0 bridgehead atoms. The number of hydrogen-bond donors (Lipinski definition) is 1. The highest BCUT2D eigenvalue weighted by molar-refractivity contribution is 7.17. The monoisotopic (exact) mass is 279 g/mol. The predicted octanol–water partition coefficient (Wildman–Crippen LogP) is 1.88. The van der Waals surface area contributed by atoms with Crippen LogP contribution in [0.15, 0.2) is 0 Å². The van der Waals surface area contributed by atoms with Crippen molar-refractivity contribution in [2.75, 3.05) is 18.4 Å². The highest BCUT2D eigenvalue weighted by atomic mass is 32.1. The lowest BCUT2D eigenvalue weighted by Gasteiger charge is -2.19. The molecule has 1 N–H and O–H groups in total. The molecule has 0 spiro atoms. The van der Waals surface area contributed by atoms with E-state index in [1.54, 1.807) is 4.90 Å². The topological polar surface area (TPSA) is 81.9 Å². The predicted molar refractivity (Wildman–Crippen MR) is 73.0 cm³/mol. The first-order chi connectivity index (χ1) is 9.26. The average molecular weight is 279 g/mol. The molecular formula is C12H17N5OS. The summed E-state index contributed by atoms with van der Waals surface area (Å²) in [6.45, 7) is 3.37. The van der Waals surface area contributed by atoms with Crippen LogP contribution in [0.1, 0.15) is 42.4 Å². The lowest BCUT2D eigenvalue weighted by molar-refractivity contribution is 0.0745. The SMILES string of the molecule is CCCNc1nnc(C(=O)N(CCC#N)C2CC2)s1. The zero-order valence-electron chi connectivity index (χ0n) is 10.9. The second-order valence-corrected chi connectivity index (χ2v) is 5.45. The lowest BCUT2D eigenvalue weighted by atomic mass is 10.3. The summed E-state index contributed by atoms with van der Waals surface area (Å²) >= 11 is 1.28. The molecule has 0 aliphatic heterocycles. The Labute approximate surface area is 116 Å². The molecule has 1 aromatic rings. The van der Waals surface area contributed by atoms with Crippen molar-refractivity contribution in [3.05, 3.63) is 5.01 Å². The van der Waals surface area contributed by atoms with Crippen LogP contribution in [0.4, 0.5) is 5.13 Å². The van der Waals surface area contributed by atoms with E-state index in [9.17, 15) is 4.79 Å². The summed E-state index contributed by atoms with van der Waals surface area (Å²) in [5.41, 5.74) is 0. The number of rotatable bonds is 7. The van der Waals surface area contributed by atoms with Crippen molar-refractivity contribution in [2.24, 2.45) is 0 Å². The van der Waals surface area contributed by atoms with Gasteiger partial charge in [0.1, 0.15) is 0 Å². The average Bonchev–Trinajstić information content (AvgIpc) is 3.14. The largest absolute Gasteiger partial charge is 0.360 e. The second-order valence-electron chi connectivity index (χ2n) is 4.48. The van der Waals surface area contributed by atoms with Crippen molar-refractivity contribution < 1.29 is 4.79 Å². The van der Waals surface area contributed by atoms with Crippen molar-refractivity contribution >= 4 is 22.4 Å². The Kier molecular flexibility index (Phi) is 4.68. The second kappa shape index (κ2) is 6.48. The lowest BCUT2D eigenvalue weighted by Crippen LogP contribution is -2.33. The van der Waals surface area contributed by atoms with Gasteiger partial charge in [-0.3, -0.25) is 4.79 Å². The Balaban J connectivity index is 2.00. The molecule has 1 aromatic heterocycles. The number of nitriles is 1. The van der Waals surface area contributed by atoms with Gasteiger partial charge in [0.05, 0.1) is 12.5 Å². The summed E-state index contributed by atoms with van der Waals surface area (Å²) in [6.07, 6.45) is 3.41. The maximum Gasteiger partial charge on any atom is 0.285 e. The molecule has 19 heavy (non-hydrogen) atoms. The Morgan fingerprint density at radius 2 is 2.37 bits per heavy atom. The number of aromatic nitrogens is 2. The number of anilines is 1. The van der Waals surface area contributed by atoms with E-state index < -0.39 is 0 Å². The van der Waals surface area contributed by atoms with Crippen molar-refractivity contribution in [2.45, 2.75) is 38.6 Å². The van der Waals surface area contributed by atoms with Crippen molar-refractivity contribution in [3.63, 3.8) is 0 Å². The van der Waals surface area contributed by atoms with Gasteiger partial charge in [0.2, 0.25) is 10.1 Å². The van der Waals surface area contributed by atoms with E-state index in [4.69, 9.17) is 5.26 Å². The number of nitrogens with zero attached hydrogens (tertiary/aromatic N) is 4. The minimum absolute atomic E-state index is 0.0974. The molecule has 6 nitrogen and oxygen atoms in total. The molecule has 1 heterocycles. The van der Waals surface area contributed by atoms with E-state index in [0.29, 0.717) is 23.1 Å². The molecular weight excluding hydrogens is 262 g/mol. The maximum absolute atomic E-state index is 12.3. The van der Waals surface area contributed by atoms with Gasteiger partial charge in [0, 0.05) is 19.1 Å². The third-order valence-electron chi connectivity index (χ3n) is 2.85. The Hall–Kier alpha value is -1.68.